The number of aryl methyl sites for hydroxylation is 1. The number of rotatable bonds is 5. The molecule has 6 heteroatoms. The van der Waals surface area contributed by atoms with Crippen LogP contribution >= 0.6 is 0 Å². The third-order valence-electron chi connectivity index (χ3n) is 3.25. The van der Waals surface area contributed by atoms with E-state index in [-0.39, 0.29) is 4.90 Å². The molecular formula is C15H19N3O2S. The summed E-state index contributed by atoms with van der Waals surface area (Å²) in [7, 11) is -3.68. The number of hydrogen-bond donors (Lipinski definition) is 2. The third-order valence-corrected chi connectivity index (χ3v) is 4.65. The largest absolute Gasteiger partial charge is 0.369 e. The van der Waals surface area contributed by atoms with Crippen LogP contribution in [0.25, 0.3) is 0 Å². The minimum Gasteiger partial charge on any atom is -0.369 e. The Balaban J connectivity index is 2.41. The van der Waals surface area contributed by atoms with Crippen LogP contribution in [0.2, 0.25) is 0 Å². The van der Waals surface area contributed by atoms with Gasteiger partial charge in [-0.2, -0.15) is 0 Å². The number of benzene rings is 1. The van der Waals surface area contributed by atoms with Crippen molar-refractivity contribution in [2.24, 2.45) is 0 Å². The third kappa shape index (κ3) is 3.33. The maximum Gasteiger partial charge on any atom is 0.265 e. The molecule has 0 unspecified atom stereocenters. The molecule has 0 aliphatic heterocycles. The highest BCUT2D eigenvalue weighted by Crippen LogP contribution is 2.24. The SMILES string of the molecule is CCNc1ncccc1S(=O)(=O)Nc1cccc(C)c1C. The molecule has 0 radical (unpaired) electrons. The minimum absolute atomic E-state index is 0.146. The van der Waals surface area contributed by atoms with Crippen LogP contribution in [0.1, 0.15) is 18.1 Å². The highest BCUT2D eigenvalue weighted by Gasteiger charge is 2.20. The lowest BCUT2D eigenvalue weighted by Crippen LogP contribution is -2.17. The van der Waals surface area contributed by atoms with Crippen molar-refractivity contribution in [3.05, 3.63) is 47.7 Å². The van der Waals surface area contributed by atoms with E-state index in [1.54, 1.807) is 24.4 Å². The summed E-state index contributed by atoms with van der Waals surface area (Å²) >= 11 is 0. The van der Waals surface area contributed by atoms with Crippen LogP contribution in [-0.2, 0) is 10.0 Å². The Bertz CT molecular complexity index is 742. The second kappa shape index (κ2) is 6.13. The van der Waals surface area contributed by atoms with Crippen molar-refractivity contribution in [1.82, 2.24) is 4.98 Å². The van der Waals surface area contributed by atoms with Crippen LogP contribution in [0.15, 0.2) is 41.4 Å². The first kappa shape index (κ1) is 15.3. The molecule has 2 N–H and O–H groups in total. The normalized spacial score (nSPS) is 11.2. The molecule has 0 amide bonds. The first-order valence-corrected chi connectivity index (χ1v) is 8.22. The molecule has 1 aromatic carbocycles. The Morgan fingerprint density at radius 1 is 1.14 bits per heavy atom. The van der Waals surface area contributed by atoms with Gasteiger partial charge in [-0.05, 0) is 50.1 Å². The molecule has 0 bridgehead atoms. The molecule has 5 nitrogen and oxygen atoms in total. The molecule has 2 aromatic rings. The number of nitrogens with zero attached hydrogens (tertiary/aromatic N) is 1. The standard InChI is InChI=1S/C15H19N3O2S/c1-4-16-15-14(9-6-10-17-15)21(19,20)18-13-8-5-7-11(2)12(13)3/h5-10,18H,4H2,1-3H3,(H,16,17). The van der Waals surface area contributed by atoms with Gasteiger partial charge in [-0.25, -0.2) is 13.4 Å². The molecule has 21 heavy (non-hydrogen) atoms. The lowest BCUT2D eigenvalue weighted by molar-refractivity contribution is 0.601. The van der Waals surface area contributed by atoms with Crippen molar-refractivity contribution >= 4 is 21.5 Å². The molecule has 0 spiro atoms. The van der Waals surface area contributed by atoms with Crippen LogP contribution in [0.4, 0.5) is 11.5 Å². The second-order valence-corrected chi connectivity index (χ2v) is 6.38. The Morgan fingerprint density at radius 2 is 1.90 bits per heavy atom. The highest BCUT2D eigenvalue weighted by molar-refractivity contribution is 7.92. The van der Waals surface area contributed by atoms with Crippen molar-refractivity contribution in [2.45, 2.75) is 25.7 Å². The van der Waals surface area contributed by atoms with Crippen LogP contribution < -0.4 is 10.0 Å². The van der Waals surface area contributed by atoms with Gasteiger partial charge in [0.2, 0.25) is 0 Å². The van der Waals surface area contributed by atoms with Gasteiger partial charge >= 0.3 is 0 Å². The summed E-state index contributed by atoms with van der Waals surface area (Å²) in [5.74, 6) is 0.359. The number of pyridine rings is 1. The van der Waals surface area contributed by atoms with Gasteiger partial charge in [-0.15, -0.1) is 0 Å². The second-order valence-electron chi connectivity index (χ2n) is 4.73. The number of aromatic nitrogens is 1. The van der Waals surface area contributed by atoms with E-state index in [0.717, 1.165) is 11.1 Å². The highest BCUT2D eigenvalue weighted by atomic mass is 32.2. The van der Waals surface area contributed by atoms with Crippen molar-refractivity contribution in [3.63, 3.8) is 0 Å². The quantitative estimate of drug-likeness (QED) is 0.891. The Kier molecular flexibility index (Phi) is 4.47. The molecule has 1 heterocycles. The molecule has 2 rings (SSSR count). The smallest absolute Gasteiger partial charge is 0.265 e. The van der Waals surface area contributed by atoms with Gasteiger partial charge in [0.15, 0.2) is 0 Å². The molecule has 0 fully saturated rings. The summed E-state index contributed by atoms with van der Waals surface area (Å²) in [6.45, 7) is 6.33. The van der Waals surface area contributed by atoms with E-state index in [0.29, 0.717) is 18.1 Å². The zero-order valence-electron chi connectivity index (χ0n) is 12.3. The lowest BCUT2D eigenvalue weighted by Gasteiger charge is -2.14. The molecule has 112 valence electrons. The first-order valence-electron chi connectivity index (χ1n) is 6.73. The maximum atomic E-state index is 12.6. The lowest BCUT2D eigenvalue weighted by atomic mass is 10.1. The summed E-state index contributed by atoms with van der Waals surface area (Å²) in [6, 6.07) is 8.68. The zero-order valence-corrected chi connectivity index (χ0v) is 13.2. The molecule has 0 aliphatic carbocycles. The predicted molar refractivity (Wildman–Crippen MR) is 85.1 cm³/mol. The summed E-state index contributed by atoms with van der Waals surface area (Å²) < 4.78 is 27.8. The van der Waals surface area contributed by atoms with Gasteiger partial charge in [0.05, 0.1) is 5.69 Å². The van der Waals surface area contributed by atoms with Gasteiger partial charge in [0.25, 0.3) is 10.0 Å². The zero-order chi connectivity index (χ0) is 15.5. The Hall–Kier alpha value is -2.08. The number of nitrogens with one attached hydrogen (secondary N) is 2. The Labute approximate surface area is 125 Å². The van der Waals surface area contributed by atoms with Crippen LogP contribution in [0.5, 0.6) is 0 Å². The predicted octanol–water partition coefficient (Wildman–Crippen LogP) is 2.93. The number of sulfonamides is 1. The first-order chi connectivity index (χ1) is 9.95. The summed E-state index contributed by atoms with van der Waals surface area (Å²) in [5, 5.41) is 2.96. The molecule has 0 saturated carbocycles. The van der Waals surface area contributed by atoms with Crippen molar-refractivity contribution in [3.8, 4) is 0 Å². The van der Waals surface area contributed by atoms with Crippen molar-refractivity contribution < 1.29 is 8.42 Å². The van der Waals surface area contributed by atoms with E-state index in [4.69, 9.17) is 0 Å². The van der Waals surface area contributed by atoms with Crippen molar-refractivity contribution in [2.75, 3.05) is 16.6 Å². The fourth-order valence-corrected chi connectivity index (χ4v) is 3.23. The number of hydrogen-bond acceptors (Lipinski definition) is 4. The van der Waals surface area contributed by atoms with Gasteiger partial charge in [-0.3, -0.25) is 4.72 Å². The summed E-state index contributed by atoms with van der Waals surface area (Å²) in [4.78, 5) is 4.23. The van der Waals surface area contributed by atoms with E-state index in [1.165, 1.54) is 0 Å². The van der Waals surface area contributed by atoms with Crippen LogP contribution in [0.3, 0.4) is 0 Å². The molecule has 0 aliphatic rings. The molecule has 0 atom stereocenters. The molecule has 1 aromatic heterocycles. The monoisotopic (exact) mass is 305 g/mol. The van der Waals surface area contributed by atoms with E-state index < -0.39 is 10.0 Å². The fraction of sp³-hybridized carbons (Fsp3) is 0.267. The topological polar surface area (TPSA) is 71.1 Å². The van der Waals surface area contributed by atoms with E-state index in [1.807, 2.05) is 32.9 Å². The minimum atomic E-state index is -3.68. The summed E-state index contributed by atoms with van der Waals surface area (Å²) in [6.07, 6.45) is 1.56. The van der Waals surface area contributed by atoms with Gasteiger partial charge in [0.1, 0.15) is 10.7 Å². The van der Waals surface area contributed by atoms with Gasteiger partial charge < -0.3 is 5.32 Å². The fourth-order valence-electron chi connectivity index (χ4n) is 1.97. The van der Waals surface area contributed by atoms with E-state index in [9.17, 15) is 8.42 Å². The maximum absolute atomic E-state index is 12.6. The average molecular weight is 305 g/mol. The van der Waals surface area contributed by atoms with Crippen LogP contribution in [-0.4, -0.2) is 19.9 Å². The number of anilines is 2. The Morgan fingerprint density at radius 3 is 2.62 bits per heavy atom. The summed E-state index contributed by atoms with van der Waals surface area (Å²) in [5.41, 5.74) is 2.53. The molecule has 0 saturated heterocycles. The van der Waals surface area contributed by atoms with E-state index in [2.05, 4.69) is 15.0 Å². The average Bonchev–Trinajstić information content (AvgIpc) is 2.44. The van der Waals surface area contributed by atoms with E-state index >= 15 is 0 Å². The van der Waals surface area contributed by atoms with Crippen LogP contribution in [0, 0.1) is 13.8 Å². The van der Waals surface area contributed by atoms with Gasteiger partial charge in [0, 0.05) is 12.7 Å². The van der Waals surface area contributed by atoms with Crippen molar-refractivity contribution in [1.29, 1.82) is 0 Å². The van der Waals surface area contributed by atoms with Gasteiger partial charge in [-0.1, -0.05) is 12.1 Å². The molecular weight excluding hydrogens is 286 g/mol.